The van der Waals surface area contributed by atoms with Gasteiger partial charge in [-0.2, -0.15) is 0 Å². The first-order valence-corrected chi connectivity index (χ1v) is 8.96. The van der Waals surface area contributed by atoms with Gasteiger partial charge in [0.2, 0.25) is 0 Å². The first-order chi connectivity index (χ1) is 9.50. The molecule has 0 radical (unpaired) electrons. The smallest absolute Gasteiger partial charge is 0.00698 e. The molecule has 3 aliphatic rings. The summed E-state index contributed by atoms with van der Waals surface area (Å²) in [6, 6.07) is 0.409. The van der Waals surface area contributed by atoms with Gasteiger partial charge in [-0.3, -0.25) is 0 Å². The Labute approximate surface area is 125 Å². The molecule has 2 heteroatoms. The molecule has 3 N–H and O–H groups in total. The van der Waals surface area contributed by atoms with Crippen LogP contribution >= 0.6 is 0 Å². The predicted molar refractivity (Wildman–Crippen MR) is 85.5 cm³/mol. The summed E-state index contributed by atoms with van der Waals surface area (Å²) in [7, 11) is 0. The fraction of sp³-hybridized carbons (Fsp3) is 1.00. The van der Waals surface area contributed by atoms with Crippen molar-refractivity contribution in [1.82, 2.24) is 5.32 Å². The summed E-state index contributed by atoms with van der Waals surface area (Å²) < 4.78 is 0. The van der Waals surface area contributed by atoms with Gasteiger partial charge in [0.25, 0.3) is 0 Å². The number of nitrogens with one attached hydrogen (secondary N) is 1. The third kappa shape index (κ3) is 3.06. The van der Waals surface area contributed by atoms with Gasteiger partial charge in [-0.15, -0.1) is 0 Å². The topological polar surface area (TPSA) is 38.0 Å². The molecular formula is C18H34N2. The van der Waals surface area contributed by atoms with Gasteiger partial charge in [0.1, 0.15) is 0 Å². The van der Waals surface area contributed by atoms with E-state index in [0.29, 0.717) is 17.4 Å². The van der Waals surface area contributed by atoms with Crippen LogP contribution in [-0.2, 0) is 0 Å². The molecular weight excluding hydrogens is 244 g/mol. The van der Waals surface area contributed by atoms with E-state index in [1.165, 1.54) is 51.6 Å². The zero-order valence-electron chi connectivity index (χ0n) is 13.7. The Balaban J connectivity index is 1.47. The Bertz CT molecular complexity index is 318. The quantitative estimate of drug-likeness (QED) is 0.781. The molecule has 0 amide bonds. The predicted octanol–water partition coefficient (Wildman–Crippen LogP) is 3.41. The number of rotatable bonds is 6. The highest BCUT2D eigenvalue weighted by molar-refractivity contribution is 4.95. The molecule has 2 nitrogen and oxygen atoms in total. The third-order valence-electron chi connectivity index (χ3n) is 6.94. The molecule has 0 aromatic carbocycles. The summed E-state index contributed by atoms with van der Waals surface area (Å²) in [6.07, 6.45) is 8.54. The minimum Gasteiger partial charge on any atom is -0.327 e. The minimum absolute atomic E-state index is 0.388. The van der Waals surface area contributed by atoms with E-state index in [4.69, 9.17) is 5.73 Å². The maximum atomic E-state index is 6.27. The second-order valence-electron chi connectivity index (χ2n) is 8.55. The van der Waals surface area contributed by atoms with E-state index in [1.54, 1.807) is 0 Å². The lowest BCUT2D eigenvalue weighted by atomic mass is 9.61. The van der Waals surface area contributed by atoms with Gasteiger partial charge in [-0.05, 0) is 86.6 Å². The summed E-state index contributed by atoms with van der Waals surface area (Å²) in [5.74, 6) is 4.59. The van der Waals surface area contributed by atoms with Crippen LogP contribution in [0.4, 0.5) is 0 Å². The molecule has 3 unspecified atom stereocenters. The summed E-state index contributed by atoms with van der Waals surface area (Å²) in [5, 5.41) is 3.85. The van der Waals surface area contributed by atoms with E-state index < -0.39 is 0 Å². The second kappa shape index (κ2) is 5.61. The van der Waals surface area contributed by atoms with E-state index in [-0.39, 0.29) is 0 Å². The van der Waals surface area contributed by atoms with E-state index in [2.05, 4.69) is 26.1 Å². The van der Waals surface area contributed by atoms with Crippen LogP contribution in [0.15, 0.2) is 0 Å². The maximum absolute atomic E-state index is 6.27. The molecule has 0 aromatic heterocycles. The largest absolute Gasteiger partial charge is 0.327 e. The monoisotopic (exact) mass is 278 g/mol. The zero-order chi connectivity index (χ0) is 14.3. The lowest BCUT2D eigenvalue weighted by molar-refractivity contribution is 0.0532. The van der Waals surface area contributed by atoms with Crippen molar-refractivity contribution >= 4 is 0 Å². The van der Waals surface area contributed by atoms with Gasteiger partial charge in [-0.1, -0.05) is 20.8 Å². The van der Waals surface area contributed by atoms with Crippen molar-refractivity contribution < 1.29 is 0 Å². The normalized spacial score (nSPS) is 37.4. The first kappa shape index (κ1) is 14.8. The molecule has 3 aliphatic carbocycles. The van der Waals surface area contributed by atoms with E-state index in [0.717, 1.165) is 23.7 Å². The molecule has 3 atom stereocenters. The molecule has 3 saturated carbocycles. The Morgan fingerprint density at radius 1 is 1.05 bits per heavy atom. The van der Waals surface area contributed by atoms with Crippen molar-refractivity contribution in [3.63, 3.8) is 0 Å². The Morgan fingerprint density at radius 2 is 1.65 bits per heavy atom. The van der Waals surface area contributed by atoms with Crippen LogP contribution in [-0.4, -0.2) is 19.1 Å². The van der Waals surface area contributed by atoms with Gasteiger partial charge < -0.3 is 11.1 Å². The molecule has 0 aromatic rings. The maximum Gasteiger partial charge on any atom is 0.00698 e. The number of nitrogens with two attached hydrogens (primary N) is 1. The average Bonchev–Trinajstić information content (AvgIpc) is 3.26. The minimum atomic E-state index is 0.388. The van der Waals surface area contributed by atoms with E-state index in [9.17, 15) is 0 Å². The lowest BCUT2D eigenvalue weighted by Gasteiger charge is -2.47. The molecule has 0 heterocycles. The summed E-state index contributed by atoms with van der Waals surface area (Å²) in [6.45, 7) is 9.71. The fourth-order valence-corrected chi connectivity index (χ4v) is 4.50. The van der Waals surface area contributed by atoms with Crippen LogP contribution in [0.5, 0.6) is 0 Å². The van der Waals surface area contributed by atoms with Gasteiger partial charge in [0, 0.05) is 6.04 Å². The van der Waals surface area contributed by atoms with Crippen molar-refractivity contribution in [2.24, 2.45) is 40.7 Å². The molecule has 20 heavy (non-hydrogen) atoms. The second-order valence-corrected chi connectivity index (χ2v) is 8.55. The summed E-state index contributed by atoms with van der Waals surface area (Å²) in [4.78, 5) is 0. The van der Waals surface area contributed by atoms with Crippen molar-refractivity contribution in [2.45, 2.75) is 65.3 Å². The van der Waals surface area contributed by atoms with Crippen molar-refractivity contribution in [3.8, 4) is 0 Å². The fourth-order valence-electron chi connectivity index (χ4n) is 4.50. The van der Waals surface area contributed by atoms with Crippen LogP contribution in [0, 0.1) is 35.0 Å². The Hall–Kier alpha value is -0.0800. The van der Waals surface area contributed by atoms with Crippen molar-refractivity contribution in [1.29, 1.82) is 0 Å². The number of hydrogen-bond acceptors (Lipinski definition) is 2. The molecule has 3 rings (SSSR count). The van der Waals surface area contributed by atoms with Gasteiger partial charge in [0.15, 0.2) is 0 Å². The highest BCUT2D eigenvalue weighted by atomic mass is 14.9. The standard InChI is InChI=1S/C18H34N2/c1-12-17(19)9-8-15(18(12,2)3)10-20-11-16(13-4-5-13)14-6-7-14/h12-17,20H,4-11,19H2,1-3H3. The van der Waals surface area contributed by atoms with Crippen molar-refractivity contribution in [2.75, 3.05) is 13.1 Å². The number of hydrogen-bond donors (Lipinski definition) is 2. The average molecular weight is 278 g/mol. The van der Waals surface area contributed by atoms with E-state index in [1.807, 2.05) is 0 Å². The van der Waals surface area contributed by atoms with Crippen molar-refractivity contribution in [3.05, 3.63) is 0 Å². The third-order valence-corrected chi connectivity index (χ3v) is 6.94. The van der Waals surface area contributed by atoms with E-state index >= 15 is 0 Å². The molecule has 116 valence electrons. The van der Waals surface area contributed by atoms with Crippen LogP contribution in [0.1, 0.15) is 59.3 Å². The molecule has 0 aliphatic heterocycles. The molecule has 0 saturated heterocycles. The van der Waals surface area contributed by atoms with Crippen LogP contribution in [0.25, 0.3) is 0 Å². The molecule has 3 fully saturated rings. The van der Waals surface area contributed by atoms with Crippen LogP contribution < -0.4 is 11.1 Å². The zero-order valence-corrected chi connectivity index (χ0v) is 13.7. The Kier molecular flexibility index (Phi) is 4.16. The first-order valence-electron chi connectivity index (χ1n) is 8.96. The molecule has 0 spiro atoms. The van der Waals surface area contributed by atoms with Gasteiger partial charge >= 0.3 is 0 Å². The van der Waals surface area contributed by atoms with Gasteiger partial charge in [0.05, 0.1) is 0 Å². The lowest BCUT2D eigenvalue weighted by Crippen LogP contribution is -2.49. The Morgan fingerprint density at radius 3 is 2.20 bits per heavy atom. The van der Waals surface area contributed by atoms with Crippen LogP contribution in [0.2, 0.25) is 0 Å². The molecule has 0 bridgehead atoms. The summed E-state index contributed by atoms with van der Waals surface area (Å²) >= 11 is 0. The SMILES string of the molecule is CC1C(N)CCC(CNCC(C2CC2)C2CC2)C1(C)C. The van der Waals surface area contributed by atoms with Gasteiger partial charge in [-0.25, -0.2) is 0 Å². The summed E-state index contributed by atoms with van der Waals surface area (Å²) in [5.41, 5.74) is 6.66. The van der Waals surface area contributed by atoms with Crippen LogP contribution in [0.3, 0.4) is 0 Å². The highest BCUT2D eigenvalue weighted by Crippen LogP contribution is 2.49. The highest BCUT2D eigenvalue weighted by Gasteiger charge is 2.43.